The average molecular weight is 335 g/mol. The van der Waals surface area contributed by atoms with Crippen molar-refractivity contribution in [3.8, 4) is 0 Å². The second kappa shape index (κ2) is 6.24. The summed E-state index contributed by atoms with van der Waals surface area (Å²) in [7, 11) is 1.18. The van der Waals surface area contributed by atoms with E-state index >= 15 is 0 Å². The molecule has 11 nitrogen and oxygen atoms in total. The lowest BCUT2D eigenvalue weighted by atomic mass is 9.99. The minimum absolute atomic E-state index is 0.0315. The molecule has 1 aromatic carbocycles. The molecule has 0 atom stereocenters. The van der Waals surface area contributed by atoms with Crippen molar-refractivity contribution in [1.82, 2.24) is 9.80 Å². The zero-order valence-corrected chi connectivity index (χ0v) is 12.1. The Hall–Kier alpha value is -3.63. The Labute approximate surface area is 133 Å². The molecule has 11 heteroatoms. The van der Waals surface area contributed by atoms with Crippen LogP contribution in [0, 0.1) is 10.1 Å². The van der Waals surface area contributed by atoms with Crippen LogP contribution in [0.1, 0.15) is 41.4 Å². The number of aldehydes is 1. The summed E-state index contributed by atoms with van der Waals surface area (Å²) in [5, 5.41) is 9.06. The van der Waals surface area contributed by atoms with Gasteiger partial charge in [-0.3, -0.25) is 28.8 Å². The molecule has 0 saturated heterocycles. The van der Waals surface area contributed by atoms with E-state index in [0.29, 0.717) is 4.90 Å². The van der Waals surface area contributed by atoms with Gasteiger partial charge in [0.15, 0.2) is 13.0 Å². The maximum atomic E-state index is 12.3. The smallest absolute Gasteiger partial charge is 0.296 e. The molecule has 2 rings (SSSR count). The van der Waals surface area contributed by atoms with Crippen molar-refractivity contribution >= 4 is 30.4 Å². The third kappa shape index (κ3) is 2.69. The van der Waals surface area contributed by atoms with E-state index in [-0.39, 0.29) is 35.0 Å². The van der Waals surface area contributed by atoms with Gasteiger partial charge < -0.3 is 4.90 Å². The fourth-order valence-electron chi connectivity index (χ4n) is 2.10. The monoisotopic (exact) mass is 335 g/mol. The van der Waals surface area contributed by atoms with E-state index in [4.69, 9.17) is 0 Å². The predicted octanol–water partition coefficient (Wildman–Crippen LogP) is -0.511. The van der Waals surface area contributed by atoms with E-state index in [2.05, 4.69) is 4.84 Å². The molecule has 1 aliphatic rings. The summed E-state index contributed by atoms with van der Waals surface area (Å²) in [4.78, 5) is 73.3. The molecule has 1 aliphatic heterocycles. The quantitative estimate of drug-likeness (QED) is 0.222. The molecule has 4 amide bonds. The molecule has 124 valence electrons. The molecular formula is C13H9N3O8. The van der Waals surface area contributed by atoms with Crippen molar-refractivity contribution in [1.29, 1.82) is 0 Å². The van der Waals surface area contributed by atoms with Gasteiger partial charge in [0.25, 0.3) is 22.8 Å². The van der Waals surface area contributed by atoms with Crippen LogP contribution in [-0.2, 0) is 9.63 Å². The van der Waals surface area contributed by atoms with Gasteiger partial charge in [-0.2, -0.15) is 0 Å². The first-order valence-electron chi connectivity index (χ1n) is 6.31. The summed E-state index contributed by atoms with van der Waals surface area (Å²) in [6, 6.07) is 2.01. The number of carbonyl (C=O) groups excluding carboxylic acids is 5. The van der Waals surface area contributed by atoms with Gasteiger partial charge in [0.2, 0.25) is 6.41 Å². The van der Waals surface area contributed by atoms with Crippen LogP contribution in [-0.4, -0.2) is 59.1 Å². The first-order chi connectivity index (χ1) is 11.3. The van der Waals surface area contributed by atoms with Gasteiger partial charge >= 0.3 is 0 Å². The number of nitrogens with zero attached hydrogens (tertiary/aromatic N) is 3. The molecule has 24 heavy (non-hydrogen) atoms. The van der Waals surface area contributed by atoms with Crippen molar-refractivity contribution in [2.24, 2.45) is 0 Å². The lowest BCUT2D eigenvalue weighted by molar-refractivity contribution is -0.761. The summed E-state index contributed by atoms with van der Waals surface area (Å²) in [6.45, 7) is -0.700. The minimum atomic E-state index is -1.10. The second-order valence-electron chi connectivity index (χ2n) is 4.67. The zero-order chi connectivity index (χ0) is 18.0. The van der Waals surface area contributed by atoms with Crippen LogP contribution >= 0.6 is 0 Å². The molecule has 0 spiro atoms. The van der Waals surface area contributed by atoms with E-state index in [1.807, 2.05) is 0 Å². The number of benzene rings is 1. The van der Waals surface area contributed by atoms with Crippen LogP contribution in [0.3, 0.4) is 0 Å². The summed E-state index contributed by atoms with van der Waals surface area (Å²) >= 11 is 0. The molecule has 1 heterocycles. The third-order valence-corrected chi connectivity index (χ3v) is 3.25. The maximum absolute atomic E-state index is 12.3. The van der Waals surface area contributed by atoms with Crippen molar-refractivity contribution in [2.45, 2.75) is 0 Å². The van der Waals surface area contributed by atoms with E-state index in [0.717, 1.165) is 17.0 Å². The van der Waals surface area contributed by atoms with Crippen LogP contribution in [0.5, 0.6) is 0 Å². The fraction of sp³-hybridized carbons (Fsp3) is 0.154. The van der Waals surface area contributed by atoms with E-state index in [1.54, 1.807) is 0 Å². The number of hydrogen-bond donors (Lipinski definition) is 0. The lowest BCUT2D eigenvalue weighted by Gasteiger charge is -2.16. The zero-order valence-electron chi connectivity index (χ0n) is 12.1. The number of imide groups is 3. The van der Waals surface area contributed by atoms with Gasteiger partial charge in [-0.05, 0) is 12.1 Å². The first-order valence-corrected chi connectivity index (χ1v) is 6.31. The standard InChI is InChI=1S/C13H9N3O8/c1-14(6-24-16(22)23)11(19)8-3-10-9(2-7(8)4-17)12(20)15(5-18)13(10)21/h2-5H,6H2,1H3. The van der Waals surface area contributed by atoms with E-state index in [1.165, 1.54) is 7.05 Å². The Bertz CT molecular complexity index is 788. The number of hydrogen-bond acceptors (Lipinski definition) is 8. The highest BCUT2D eigenvalue weighted by Crippen LogP contribution is 2.25. The molecule has 0 radical (unpaired) electrons. The average Bonchev–Trinajstić information content (AvgIpc) is 2.80. The Balaban J connectivity index is 2.44. The summed E-state index contributed by atoms with van der Waals surface area (Å²) in [5.41, 5.74) is -0.868. The number of fused-ring (bicyclic) bond motifs is 1. The van der Waals surface area contributed by atoms with Gasteiger partial charge in [-0.15, -0.1) is 10.1 Å². The fourth-order valence-corrected chi connectivity index (χ4v) is 2.10. The van der Waals surface area contributed by atoms with Crippen molar-refractivity contribution in [3.63, 3.8) is 0 Å². The molecule has 0 saturated carbocycles. The minimum Gasteiger partial charge on any atom is -0.318 e. The summed E-state index contributed by atoms with van der Waals surface area (Å²) < 4.78 is 0. The van der Waals surface area contributed by atoms with Gasteiger partial charge in [-0.1, -0.05) is 0 Å². The highest BCUT2D eigenvalue weighted by molar-refractivity contribution is 6.27. The highest BCUT2D eigenvalue weighted by Gasteiger charge is 2.37. The van der Waals surface area contributed by atoms with Crippen LogP contribution in [0.4, 0.5) is 0 Å². The predicted molar refractivity (Wildman–Crippen MR) is 73.4 cm³/mol. The molecule has 0 N–H and O–H groups in total. The van der Waals surface area contributed by atoms with E-state index in [9.17, 15) is 34.1 Å². The lowest BCUT2D eigenvalue weighted by Crippen LogP contribution is -2.31. The van der Waals surface area contributed by atoms with E-state index < -0.39 is 29.5 Å². The maximum Gasteiger partial charge on any atom is 0.296 e. The summed E-state index contributed by atoms with van der Waals surface area (Å²) in [5.74, 6) is -2.68. The topological polar surface area (TPSA) is 144 Å². The van der Waals surface area contributed by atoms with Crippen molar-refractivity contribution in [2.75, 3.05) is 13.8 Å². The summed E-state index contributed by atoms with van der Waals surface area (Å²) in [6.07, 6.45) is 0.320. The number of rotatable bonds is 6. The molecular weight excluding hydrogens is 326 g/mol. The molecule has 0 aromatic heterocycles. The van der Waals surface area contributed by atoms with Gasteiger partial charge in [-0.25, -0.2) is 4.90 Å². The van der Waals surface area contributed by atoms with Crippen LogP contribution in [0.25, 0.3) is 0 Å². The van der Waals surface area contributed by atoms with Crippen LogP contribution < -0.4 is 0 Å². The Morgan fingerprint density at radius 1 is 1.29 bits per heavy atom. The molecule has 0 aliphatic carbocycles. The molecule has 0 unspecified atom stereocenters. The highest BCUT2D eigenvalue weighted by atomic mass is 17.0. The SMILES string of the molecule is CN(CO[N+](=O)[O-])C(=O)c1cc2c(cc1C=O)C(=O)N(C=O)C2=O. The Kier molecular flexibility index (Phi) is 4.35. The van der Waals surface area contributed by atoms with Gasteiger partial charge in [0.05, 0.1) is 16.7 Å². The van der Waals surface area contributed by atoms with Crippen LogP contribution in [0.2, 0.25) is 0 Å². The van der Waals surface area contributed by atoms with Gasteiger partial charge in [0, 0.05) is 12.6 Å². The second-order valence-corrected chi connectivity index (χ2v) is 4.67. The molecule has 0 fully saturated rings. The van der Waals surface area contributed by atoms with Gasteiger partial charge in [0.1, 0.15) is 0 Å². The van der Waals surface area contributed by atoms with Crippen LogP contribution in [0.15, 0.2) is 12.1 Å². The largest absolute Gasteiger partial charge is 0.318 e. The number of amides is 4. The third-order valence-electron chi connectivity index (χ3n) is 3.25. The first kappa shape index (κ1) is 16.7. The normalized spacial score (nSPS) is 12.6. The molecule has 0 bridgehead atoms. The Morgan fingerprint density at radius 3 is 2.38 bits per heavy atom. The van der Waals surface area contributed by atoms with Crippen molar-refractivity contribution < 1.29 is 33.9 Å². The Morgan fingerprint density at radius 2 is 1.88 bits per heavy atom. The number of carbonyl (C=O) groups is 5. The molecule has 1 aromatic rings. The van der Waals surface area contributed by atoms with Crippen molar-refractivity contribution in [3.05, 3.63) is 44.5 Å².